The van der Waals surface area contributed by atoms with Crippen LogP contribution in [0.4, 0.5) is 10.1 Å². The molecule has 0 saturated heterocycles. The molecule has 2 heterocycles. The molecule has 0 fully saturated rings. The van der Waals surface area contributed by atoms with Gasteiger partial charge < -0.3 is 9.73 Å². The van der Waals surface area contributed by atoms with E-state index in [2.05, 4.69) is 10.3 Å². The lowest BCUT2D eigenvalue weighted by atomic mass is 10.1. The number of hydrogen-bond acceptors (Lipinski definition) is 4. The number of halogens is 2. The first-order valence-electron chi connectivity index (χ1n) is 8.03. The smallest absolute Gasteiger partial charge is 0.265 e. The molecule has 0 aliphatic rings. The Morgan fingerprint density at radius 1 is 1.42 bits per heavy atom. The highest BCUT2D eigenvalue weighted by Crippen LogP contribution is 2.26. The minimum atomic E-state index is -0.573. The number of amides is 1. The van der Waals surface area contributed by atoms with Gasteiger partial charge in [0.25, 0.3) is 11.5 Å². The Bertz CT molecular complexity index is 1060. The van der Waals surface area contributed by atoms with E-state index in [1.807, 2.05) is 13.8 Å². The third-order valence-electron chi connectivity index (χ3n) is 3.82. The summed E-state index contributed by atoms with van der Waals surface area (Å²) >= 11 is 5.95. The summed E-state index contributed by atoms with van der Waals surface area (Å²) < 4.78 is 20.1. The number of furan rings is 1. The van der Waals surface area contributed by atoms with Gasteiger partial charge in [-0.05, 0) is 31.0 Å². The summed E-state index contributed by atoms with van der Waals surface area (Å²) in [6.45, 7) is 5.99. The first-order chi connectivity index (χ1) is 12.3. The van der Waals surface area contributed by atoms with E-state index in [4.69, 9.17) is 16.0 Å². The van der Waals surface area contributed by atoms with E-state index < -0.39 is 11.7 Å². The van der Waals surface area contributed by atoms with Gasteiger partial charge in [-0.1, -0.05) is 25.4 Å². The van der Waals surface area contributed by atoms with Gasteiger partial charge in [-0.15, -0.1) is 0 Å². The van der Waals surface area contributed by atoms with Crippen LogP contribution in [0.1, 0.15) is 30.0 Å². The van der Waals surface area contributed by atoms with Crippen LogP contribution in [0.15, 0.2) is 33.7 Å². The monoisotopic (exact) mass is 377 g/mol. The zero-order chi connectivity index (χ0) is 19.0. The molecule has 0 aliphatic carbocycles. The van der Waals surface area contributed by atoms with E-state index in [1.54, 1.807) is 6.92 Å². The summed E-state index contributed by atoms with van der Waals surface area (Å²) in [7, 11) is 0. The van der Waals surface area contributed by atoms with Gasteiger partial charge in [0.2, 0.25) is 5.71 Å². The first kappa shape index (κ1) is 18.1. The Labute approximate surface area is 153 Å². The predicted octanol–water partition coefficient (Wildman–Crippen LogP) is 4.00. The van der Waals surface area contributed by atoms with Gasteiger partial charge in [-0.2, -0.15) is 0 Å². The van der Waals surface area contributed by atoms with Crippen molar-refractivity contribution in [1.29, 1.82) is 0 Å². The number of aromatic nitrogens is 2. The molecule has 26 heavy (non-hydrogen) atoms. The number of nitrogens with one attached hydrogen (secondary N) is 1. The Morgan fingerprint density at radius 2 is 2.15 bits per heavy atom. The third-order valence-corrected chi connectivity index (χ3v) is 4.14. The van der Waals surface area contributed by atoms with E-state index in [0.29, 0.717) is 6.54 Å². The van der Waals surface area contributed by atoms with Crippen LogP contribution in [0, 0.1) is 18.7 Å². The van der Waals surface area contributed by atoms with E-state index in [9.17, 15) is 14.0 Å². The van der Waals surface area contributed by atoms with E-state index in [1.165, 1.54) is 23.0 Å². The lowest BCUT2D eigenvalue weighted by Crippen LogP contribution is -2.24. The van der Waals surface area contributed by atoms with Crippen LogP contribution in [0.2, 0.25) is 5.02 Å². The van der Waals surface area contributed by atoms with Gasteiger partial charge in [0.15, 0.2) is 0 Å². The second-order valence-electron chi connectivity index (χ2n) is 6.39. The molecule has 0 radical (unpaired) electrons. The van der Waals surface area contributed by atoms with Crippen LogP contribution in [0.25, 0.3) is 11.1 Å². The van der Waals surface area contributed by atoms with Gasteiger partial charge >= 0.3 is 0 Å². The van der Waals surface area contributed by atoms with Crippen molar-refractivity contribution in [3.8, 4) is 0 Å². The summed E-state index contributed by atoms with van der Waals surface area (Å²) in [4.78, 5) is 29.6. The molecule has 0 spiro atoms. The van der Waals surface area contributed by atoms with E-state index in [-0.39, 0.29) is 44.6 Å². The highest BCUT2D eigenvalue weighted by Gasteiger charge is 2.23. The molecule has 1 amide bonds. The standard InChI is InChI=1S/C18H17ClFN3O3/c1-9(2)7-23-8-21-17-15(18(23)25)14(10(3)26-17)16(24)22-13-5-4-11(20)6-12(13)19/h4-6,8-9H,7H2,1-3H3,(H,22,24). The molecule has 3 aromatic rings. The molecule has 0 aliphatic heterocycles. The van der Waals surface area contributed by atoms with Gasteiger partial charge in [-0.3, -0.25) is 14.2 Å². The highest BCUT2D eigenvalue weighted by atomic mass is 35.5. The molecule has 0 bridgehead atoms. The van der Waals surface area contributed by atoms with Crippen molar-refractivity contribution in [2.24, 2.45) is 5.92 Å². The minimum absolute atomic E-state index is 0.0548. The summed E-state index contributed by atoms with van der Waals surface area (Å²) in [6, 6.07) is 3.62. The molecule has 0 saturated carbocycles. The molecule has 0 unspecified atom stereocenters. The molecule has 3 rings (SSSR count). The molecule has 8 heteroatoms. The zero-order valence-corrected chi connectivity index (χ0v) is 15.2. The maximum atomic E-state index is 13.2. The molecule has 2 aromatic heterocycles. The van der Waals surface area contributed by atoms with Crippen molar-refractivity contribution in [2.45, 2.75) is 27.3 Å². The lowest BCUT2D eigenvalue weighted by Gasteiger charge is -2.09. The van der Waals surface area contributed by atoms with Gasteiger partial charge in [0, 0.05) is 6.54 Å². The molecular formula is C18H17ClFN3O3. The number of nitrogens with zero attached hydrogens (tertiary/aromatic N) is 2. The van der Waals surface area contributed by atoms with Crippen LogP contribution in [0.5, 0.6) is 0 Å². The second-order valence-corrected chi connectivity index (χ2v) is 6.79. The minimum Gasteiger partial charge on any atom is -0.442 e. The molecule has 0 atom stereocenters. The van der Waals surface area contributed by atoms with Gasteiger partial charge in [-0.25, -0.2) is 9.37 Å². The first-order valence-corrected chi connectivity index (χ1v) is 8.40. The van der Waals surface area contributed by atoms with Crippen molar-refractivity contribution in [2.75, 3.05) is 5.32 Å². The van der Waals surface area contributed by atoms with Crippen molar-refractivity contribution in [3.63, 3.8) is 0 Å². The number of carbonyl (C=O) groups is 1. The molecule has 136 valence electrons. The van der Waals surface area contributed by atoms with Crippen molar-refractivity contribution >= 4 is 34.3 Å². The zero-order valence-electron chi connectivity index (χ0n) is 14.5. The Balaban J connectivity index is 2.07. The number of benzene rings is 1. The molecule has 6 nitrogen and oxygen atoms in total. The quantitative estimate of drug-likeness (QED) is 0.745. The number of aryl methyl sites for hydroxylation is 1. The Morgan fingerprint density at radius 3 is 2.81 bits per heavy atom. The Kier molecular flexibility index (Phi) is 4.82. The fourth-order valence-electron chi connectivity index (χ4n) is 2.71. The predicted molar refractivity (Wildman–Crippen MR) is 97.2 cm³/mol. The third kappa shape index (κ3) is 3.35. The summed E-state index contributed by atoms with van der Waals surface area (Å²) in [5.41, 5.74) is 0.0768. The van der Waals surface area contributed by atoms with Crippen molar-refractivity contribution < 1.29 is 13.6 Å². The summed E-state index contributed by atoms with van der Waals surface area (Å²) in [5.74, 6) is -0.590. The molecular weight excluding hydrogens is 361 g/mol. The highest BCUT2D eigenvalue weighted by molar-refractivity contribution is 6.34. The largest absolute Gasteiger partial charge is 0.442 e. The molecule has 1 N–H and O–H groups in total. The van der Waals surface area contributed by atoms with Gasteiger partial charge in [0.1, 0.15) is 23.3 Å². The van der Waals surface area contributed by atoms with Crippen LogP contribution in [-0.2, 0) is 6.54 Å². The fourth-order valence-corrected chi connectivity index (χ4v) is 2.92. The van der Waals surface area contributed by atoms with Crippen molar-refractivity contribution in [1.82, 2.24) is 9.55 Å². The average molecular weight is 378 g/mol. The maximum Gasteiger partial charge on any atom is 0.265 e. The van der Waals surface area contributed by atoms with Crippen LogP contribution < -0.4 is 10.9 Å². The summed E-state index contributed by atoms with van der Waals surface area (Å²) in [5, 5.41) is 2.75. The van der Waals surface area contributed by atoms with E-state index in [0.717, 1.165) is 6.07 Å². The number of hydrogen-bond donors (Lipinski definition) is 1. The van der Waals surface area contributed by atoms with Gasteiger partial charge in [0.05, 0.1) is 16.3 Å². The topological polar surface area (TPSA) is 77.1 Å². The van der Waals surface area contributed by atoms with Crippen LogP contribution in [-0.4, -0.2) is 15.5 Å². The fraction of sp³-hybridized carbons (Fsp3) is 0.278. The normalized spacial score (nSPS) is 11.3. The number of anilines is 1. The number of fused-ring (bicyclic) bond motifs is 1. The SMILES string of the molecule is Cc1oc2ncn(CC(C)C)c(=O)c2c1C(=O)Nc1ccc(F)cc1Cl. The van der Waals surface area contributed by atoms with Crippen LogP contribution >= 0.6 is 11.6 Å². The average Bonchev–Trinajstić information content (AvgIpc) is 2.89. The number of rotatable bonds is 4. The molecule has 1 aromatic carbocycles. The maximum absolute atomic E-state index is 13.2. The van der Waals surface area contributed by atoms with Crippen molar-refractivity contribution in [3.05, 3.63) is 57.0 Å². The number of carbonyl (C=O) groups excluding carboxylic acids is 1. The second kappa shape index (κ2) is 6.92. The van der Waals surface area contributed by atoms with E-state index >= 15 is 0 Å². The van der Waals surface area contributed by atoms with Crippen LogP contribution in [0.3, 0.4) is 0 Å². The Hall–Kier alpha value is -2.67. The lowest BCUT2D eigenvalue weighted by molar-refractivity contribution is 0.102. The summed E-state index contributed by atoms with van der Waals surface area (Å²) in [6.07, 6.45) is 1.41.